The summed E-state index contributed by atoms with van der Waals surface area (Å²) in [4.78, 5) is 23.1. The minimum absolute atomic E-state index is 0.0149. The molecule has 12 heteroatoms. The molecule has 3 heterocycles. The number of nitrogen functional groups attached to an aromatic ring is 1. The van der Waals surface area contributed by atoms with Gasteiger partial charge in [-0.3, -0.25) is 10.2 Å². The largest absolute Gasteiger partial charge is 0.504 e. The lowest BCUT2D eigenvalue weighted by molar-refractivity contribution is 0.0940. The molecule has 1 amide bonds. The number of aromatic hydroxyl groups is 1. The van der Waals surface area contributed by atoms with Crippen LogP contribution in [-0.2, 0) is 6.42 Å². The fourth-order valence-corrected chi connectivity index (χ4v) is 4.39. The van der Waals surface area contributed by atoms with E-state index in [-0.39, 0.29) is 46.5 Å². The topological polar surface area (TPSA) is 153 Å². The van der Waals surface area contributed by atoms with Crippen LogP contribution in [0.15, 0.2) is 36.9 Å². The van der Waals surface area contributed by atoms with Gasteiger partial charge in [0.05, 0.1) is 33.2 Å². The highest BCUT2D eigenvalue weighted by atomic mass is 35.5. The van der Waals surface area contributed by atoms with E-state index < -0.39 is 0 Å². The normalized spacial score (nSPS) is 15.5. The Kier molecular flexibility index (Phi) is 6.92. The Balaban J connectivity index is 1.44. The van der Waals surface area contributed by atoms with E-state index in [1.54, 1.807) is 40.2 Å². The first-order valence-electron chi connectivity index (χ1n) is 10.5. The number of hydrogen-bond donors (Lipinski definition) is 5. The number of pyridine rings is 1. The third-order valence-corrected chi connectivity index (χ3v) is 6.18. The number of carbonyl (C=O) groups excluding carboxylic acids is 1. The fourth-order valence-electron chi connectivity index (χ4n) is 3.89. The van der Waals surface area contributed by atoms with Gasteiger partial charge in [0.25, 0.3) is 5.91 Å². The summed E-state index contributed by atoms with van der Waals surface area (Å²) in [6.07, 6.45) is 5.85. The predicted octanol–water partition coefficient (Wildman–Crippen LogP) is 2.11. The van der Waals surface area contributed by atoms with Crippen LogP contribution in [0.25, 0.3) is 5.69 Å². The highest BCUT2D eigenvalue weighted by Crippen LogP contribution is 2.34. The van der Waals surface area contributed by atoms with Crippen molar-refractivity contribution in [3.05, 3.63) is 63.8 Å². The van der Waals surface area contributed by atoms with E-state index in [1.165, 1.54) is 6.20 Å². The molecule has 3 aromatic rings. The second-order valence-electron chi connectivity index (χ2n) is 7.88. The van der Waals surface area contributed by atoms with E-state index >= 15 is 0 Å². The first-order chi connectivity index (χ1) is 16.3. The number of aliphatic hydroxyl groups is 1. The summed E-state index contributed by atoms with van der Waals surface area (Å²) >= 11 is 12.4. The number of aromatic nitrogens is 3. The molecule has 1 aliphatic rings. The van der Waals surface area contributed by atoms with Crippen molar-refractivity contribution >= 4 is 40.8 Å². The molecular formula is C22H23Cl2N7O3. The number of amidine groups is 1. The lowest BCUT2D eigenvalue weighted by Gasteiger charge is -2.20. The zero-order valence-electron chi connectivity index (χ0n) is 18.0. The molecule has 1 atom stereocenters. The van der Waals surface area contributed by atoms with Gasteiger partial charge in [-0.15, -0.1) is 0 Å². The lowest BCUT2D eigenvalue weighted by Crippen LogP contribution is -2.37. The average Bonchev–Trinajstić information content (AvgIpc) is 3.43. The Hall–Kier alpha value is -3.34. The van der Waals surface area contributed by atoms with Crippen LogP contribution < -0.4 is 16.0 Å². The van der Waals surface area contributed by atoms with Crippen molar-refractivity contribution in [1.82, 2.24) is 19.9 Å². The second kappa shape index (κ2) is 9.88. The monoisotopic (exact) mass is 503 g/mol. The first-order valence-corrected chi connectivity index (χ1v) is 11.3. The minimum atomic E-state index is -0.353. The van der Waals surface area contributed by atoms with Crippen LogP contribution in [0.1, 0.15) is 28.0 Å². The number of nitrogens with one attached hydrogen (secondary N) is 2. The molecule has 0 unspecified atom stereocenters. The van der Waals surface area contributed by atoms with E-state index in [0.29, 0.717) is 36.5 Å². The predicted molar refractivity (Wildman–Crippen MR) is 129 cm³/mol. The number of hydrogen-bond acceptors (Lipinski definition) is 7. The van der Waals surface area contributed by atoms with E-state index in [2.05, 4.69) is 15.3 Å². The number of halogens is 2. The Labute approximate surface area is 205 Å². The maximum Gasteiger partial charge on any atom is 0.253 e. The van der Waals surface area contributed by atoms with Crippen molar-refractivity contribution in [3.63, 3.8) is 0 Å². The van der Waals surface area contributed by atoms with Gasteiger partial charge in [0.2, 0.25) is 0 Å². The molecule has 1 saturated heterocycles. The van der Waals surface area contributed by atoms with E-state index in [0.717, 1.165) is 11.4 Å². The molecule has 0 bridgehead atoms. The molecular weight excluding hydrogens is 481 g/mol. The van der Waals surface area contributed by atoms with Crippen LogP contribution in [0.4, 0.5) is 5.82 Å². The Morgan fingerprint density at radius 1 is 1.29 bits per heavy atom. The molecule has 1 aromatic carbocycles. The summed E-state index contributed by atoms with van der Waals surface area (Å²) < 4.78 is 1.77. The molecule has 0 radical (unpaired) electrons. The van der Waals surface area contributed by atoms with Crippen molar-refractivity contribution in [1.29, 1.82) is 5.41 Å². The van der Waals surface area contributed by atoms with Crippen molar-refractivity contribution < 1.29 is 15.0 Å². The number of rotatable bonds is 7. The maximum absolute atomic E-state index is 12.9. The molecule has 1 fully saturated rings. The zero-order chi connectivity index (χ0) is 24.4. The number of aliphatic hydroxyl groups excluding tert-OH is 1. The molecule has 4 rings (SSSR count). The number of benzene rings is 1. The summed E-state index contributed by atoms with van der Waals surface area (Å²) in [6.45, 7) is 0.957. The van der Waals surface area contributed by atoms with E-state index in [1.807, 2.05) is 0 Å². The van der Waals surface area contributed by atoms with E-state index in [4.69, 9.17) is 39.5 Å². The lowest BCUT2D eigenvalue weighted by atomic mass is 10.1. The van der Waals surface area contributed by atoms with Gasteiger partial charge in [0.15, 0.2) is 11.6 Å². The Bertz CT molecular complexity index is 1250. The van der Waals surface area contributed by atoms with Crippen molar-refractivity contribution in [2.45, 2.75) is 18.9 Å². The van der Waals surface area contributed by atoms with Gasteiger partial charge < -0.3 is 30.7 Å². The number of nitrogens with zero attached hydrogens (tertiary/aromatic N) is 4. The summed E-state index contributed by atoms with van der Waals surface area (Å²) in [6, 6.07) is 4.90. The summed E-state index contributed by atoms with van der Waals surface area (Å²) in [7, 11) is 0. The molecule has 0 saturated carbocycles. The third-order valence-electron chi connectivity index (χ3n) is 5.58. The summed E-state index contributed by atoms with van der Waals surface area (Å²) in [5, 5.41) is 30.5. The van der Waals surface area contributed by atoms with Gasteiger partial charge in [-0.05, 0) is 24.6 Å². The molecule has 34 heavy (non-hydrogen) atoms. The van der Waals surface area contributed by atoms with Gasteiger partial charge in [-0.2, -0.15) is 0 Å². The number of nitrogens with two attached hydrogens (primary N) is 1. The average molecular weight is 504 g/mol. The molecule has 0 aliphatic carbocycles. The molecule has 6 N–H and O–H groups in total. The Morgan fingerprint density at radius 2 is 2.09 bits per heavy atom. The van der Waals surface area contributed by atoms with Crippen molar-refractivity contribution in [2.24, 2.45) is 5.73 Å². The van der Waals surface area contributed by atoms with Crippen LogP contribution in [-0.4, -0.2) is 62.2 Å². The highest BCUT2D eigenvalue weighted by Gasteiger charge is 2.29. The molecule has 1 aliphatic heterocycles. The standard InChI is InChI=1S/C22H23Cl2N7O3/c23-16-7-14(31-9-12(4-6-32)28-11-31)1-2-15(16)22(34)29-13-3-5-30(10-13)21-19(33)18(20(25)26)17(24)8-27-21/h1-2,7-9,11,13,32-33H,3-6,10H2,(H3,25,26)(H,29,34)/t13-/m1/s1. The number of amides is 1. The maximum atomic E-state index is 12.9. The quantitative estimate of drug-likeness (QED) is 0.244. The first kappa shape index (κ1) is 23.8. The SMILES string of the molecule is N=C(N)c1c(Cl)cnc(N2CC[C@@H](NC(=O)c3ccc(-n4cnc(CCO)c4)cc3Cl)C2)c1O. The van der Waals surface area contributed by atoms with Crippen molar-refractivity contribution in [3.8, 4) is 11.4 Å². The van der Waals surface area contributed by atoms with Gasteiger partial charge in [0.1, 0.15) is 5.84 Å². The molecule has 10 nitrogen and oxygen atoms in total. The minimum Gasteiger partial charge on any atom is -0.504 e. The van der Waals surface area contributed by atoms with Crippen LogP contribution >= 0.6 is 23.2 Å². The number of imidazole rings is 1. The van der Waals surface area contributed by atoms with E-state index in [9.17, 15) is 9.90 Å². The summed E-state index contributed by atoms with van der Waals surface area (Å²) in [5.74, 6) is -0.664. The van der Waals surface area contributed by atoms with Crippen LogP contribution in [0, 0.1) is 5.41 Å². The molecule has 2 aromatic heterocycles. The van der Waals surface area contributed by atoms with Crippen LogP contribution in [0.3, 0.4) is 0 Å². The highest BCUT2D eigenvalue weighted by molar-refractivity contribution is 6.34. The van der Waals surface area contributed by atoms with Gasteiger partial charge in [-0.1, -0.05) is 23.2 Å². The third kappa shape index (κ3) is 4.79. The smallest absolute Gasteiger partial charge is 0.253 e. The number of carbonyl (C=O) groups is 1. The second-order valence-corrected chi connectivity index (χ2v) is 8.70. The van der Waals surface area contributed by atoms with Crippen molar-refractivity contribution in [2.75, 3.05) is 24.6 Å². The van der Waals surface area contributed by atoms with Crippen LogP contribution in [0.5, 0.6) is 5.75 Å². The zero-order valence-corrected chi connectivity index (χ0v) is 19.5. The molecule has 0 spiro atoms. The Morgan fingerprint density at radius 3 is 2.79 bits per heavy atom. The van der Waals surface area contributed by atoms with Gasteiger partial charge in [0, 0.05) is 50.2 Å². The number of anilines is 1. The van der Waals surface area contributed by atoms with Crippen LogP contribution in [0.2, 0.25) is 10.0 Å². The van der Waals surface area contributed by atoms with Gasteiger partial charge >= 0.3 is 0 Å². The molecule has 178 valence electrons. The summed E-state index contributed by atoms with van der Waals surface area (Å²) in [5.41, 5.74) is 7.40. The fraction of sp³-hybridized carbons (Fsp3) is 0.273. The van der Waals surface area contributed by atoms with Gasteiger partial charge in [-0.25, -0.2) is 9.97 Å².